The van der Waals surface area contributed by atoms with E-state index >= 15 is 0 Å². The summed E-state index contributed by atoms with van der Waals surface area (Å²) in [4.78, 5) is 0. The van der Waals surface area contributed by atoms with E-state index in [0.717, 1.165) is 5.92 Å². The van der Waals surface area contributed by atoms with Gasteiger partial charge in [0.2, 0.25) is 0 Å². The van der Waals surface area contributed by atoms with Gasteiger partial charge in [0, 0.05) is 16.6 Å². The summed E-state index contributed by atoms with van der Waals surface area (Å²) in [5, 5.41) is 3.81. The van der Waals surface area contributed by atoms with Crippen LogP contribution in [0.5, 0.6) is 0 Å². The van der Waals surface area contributed by atoms with Gasteiger partial charge < -0.3 is 5.32 Å². The molecule has 2 rings (SSSR count). The van der Waals surface area contributed by atoms with E-state index in [0.29, 0.717) is 12.1 Å². The van der Waals surface area contributed by atoms with Crippen molar-refractivity contribution in [3.8, 4) is 0 Å². The Bertz CT molecular complexity index is 377. The Morgan fingerprint density at radius 1 is 1.39 bits per heavy atom. The van der Waals surface area contributed by atoms with Crippen LogP contribution in [0, 0.1) is 5.92 Å². The normalized spacial score (nSPS) is 25.9. The lowest BCUT2D eigenvalue weighted by atomic mass is 9.84. The van der Waals surface area contributed by atoms with Crippen LogP contribution in [0.1, 0.15) is 57.6 Å². The minimum Gasteiger partial charge on any atom is -0.307 e. The van der Waals surface area contributed by atoms with Crippen molar-refractivity contribution < 1.29 is 0 Å². The van der Waals surface area contributed by atoms with E-state index in [2.05, 4.69) is 59.4 Å². The Labute approximate surface area is 119 Å². The third-order valence-electron chi connectivity index (χ3n) is 4.19. The number of halogens is 1. The van der Waals surface area contributed by atoms with Crippen molar-refractivity contribution in [1.82, 2.24) is 5.32 Å². The zero-order valence-electron chi connectivity index (χ0n) is 11.5. The van der Waals surface area contributed by atoms with Gasteiger partial charge in [0.15, 0.2) is 0 Å². The van der Waals surface area contributed by atoms with Crippen molar-refractivity contribution in [3.63, 3.8) is 0 Å². The van der Waals surface area contributed by atoms with Crippen LogP contribution in [0.15, 0.2) is 28.7 Å². The molecule has 1 aromatic carbocycles. The van der Waals surface area contributed by atoms with Crippen molar-refractivity contribution >= 4 is 15.9 Å². The first-order valence-electron chi connectivity index (χ1n) is 7.20. The van der Waals surface area contributed by atoms with Crippen molar-refractivity contribution in [3.05, 3.63) is 34.3 Å². The third kappa shape index (κ3) is 3.83. The molecule has 2 unspecified atom stereocenters. The van der Waals surface area contributed by atoms with Crippen LogP contribution in [0.4, 0.5) is 0 Å². The molecule has 0 aliphatic heterocycles. The molecule has 0 aromatic heterocycles. The molecule has 100 valence electrons. The van der Waals surface area contributed by atoms with Gasteiger partial charge in [0.1, 0.15) is 0 Å². The van der Waals surface area contributed by atoms with Crippen LogP contribution in [-0.4, -0.2) is 6.04 Å². The molecule has 1 nitrogen and oxygen atoms in total. The molecule has 0 spiro atoms. The van der Waals surface area contributed by atoms with Crippen LogP contribution >= 0.6 is 15.9 Å². The zero-order chi connectivity index (χ0) is 13.0. The first-order valence-corrected chi connectivity index (χ1v) is 8.00. The standard InChI is InChI=1S/C16H24BrN/c1-3-13-6-4-9-16(10-13)18-12(2)14-7-5-8-15(17)11-14/h5,7-8,11-13,16,18H,3-4,6,9-10H2,1-2H3/t12-,13?,16?/m0/s1. The fraction of sp³-hybridized carbons (Fsp3) is 0.625. The van der Waals surface area contributed by atoms with Crippen molar-refractivity contribution in [2.75, 3.05) is 0 Å². The Balaban J connectivity index is 1.92. The summed E-state index contributed by atoms with van der Waals surface area (Å²) < 4.78 is 1.17. The van der Waals surface area contributed by atoms with Gasteiger partial charge in [-0.05, 0) is 43.4 Å². The van der Waals surface area contributed by atoms with E-state index in [1.54, 1.807) is 0 Å². The van der Waals surface area contributed by atoms with Crippen molar-refractivity contribution in [2.24, 2.45) is 5.92 Å². The molecule has 1 saturated carbocycles. The van der Waals surface area contributed by atoms with E-state index in [-0.39, 0.29) is 0 Å². The maximum absolute atomic E-state index is 3.81. The van der Waals surface area contributed by atoms with Crippen LogP contribution in [0.3, 0.4) is 0 Å². The monoisotopic (exact) mass is 309 g/mol. The average Bonchev–Trinajstić information content (AvgIpc) is 2.39. The highest BCUT2D eigenvalue weighted by atomic mass is 79.9. The number of hydrogen-bond acceptors (Lipinski definition) is 1. The molecule has 1 fully saturated rings. The molecule has 1 aliphatic carbocycles. The number of hydrogen-bond donors (Lipinski definition) is 1. The van der Waals surface area contributed by atoms with Crippen LogP contribution in [0.2, 0.25) is 0 Å². The van der Waals surface area contributed by atoms with Gasteiger partial charge >= 0.3 is 0 Å². The highest BCUT2D eigenvalue weighted by Gasteiger charge is 2.22. The molecule has 1 aromatic rings. The van der Waals surface area contributed by atoms with Crippen LogP contribution < -0.4 is 5.32 Å². The molecule has 0 bridgehead atoms. The van der Waals surface area contributed by atoms with E-state index in [1.165, 1.54) is 42.1 Å². The second kappa shape index (κ2) is 6.72. The maximum Gasteiger partial charge on any atom is 0.0294 e. The molecule has 0 radical (unpaired) electrons. The summed E-state index contributed by atoms with van der Waals surface area (Å²) >= 11 is 3.55. The Morgan fingerprint density at radius 3 is 2.94 bits per heavy atom. The smallest absolute Gasteiger partial charge is 0.0294 e. The molecule has 0 amide bonds. The highest BCUT2D eigenvalue weighted by Crippen LogP contribution is 2.28. The molecule has 1 aliphatic rings. The molecule has 0 heterocycles. The lowest BCUT2D eigenvalue weighted by Crippen LogP contribution is -2.35. The quantitative estimate of drug-likeness (QED) is 0.819. The summed E-state index contributed by atoms with van der Waals surface area (Å²) in [5.41, 5.74) is 1.38. The lowest BCUT2D eigenvalue weighted by molar-refractivity contribution is 0.266. The van der Waals surface area contributed by atoms with Gasteiger partial charge in [0.05, 0.1) is 0 Å². The summed E-state index contributed by atoms with van der Waals surface area (Å²) in [6.07, 6.45) is 6.86. The molecule has 1 N–H and O–H groups in total. The van der Waals surface area contributed by atoms with Crippen LogP contribution in [-0.2, 0) is 0 Å². The van der Waals surface area contributed by atoms with Gasteiger partial charge in [-0.3, -0.25) is 0 Å². The van der Waals surface area contributed by atoms with Gasteiger partial charge in [-0.25, -0.2) is 0 Å². The number of benzene rings is 1. The second-order valence-electron chi connectivity index (χ2n) is 5.58. The maximum atomic E-state index is 3.81. The minimum atomic E-state index is 0.447. The van der Waals surface area contributed by atoms with Crippen molar-refractivity contribution in [1.29, 1.82) is 0 Å². The first-order chi connectivity index (χ1) is 8.69. The average molecular weight is 310 g/mol. The molecule has 18 heavy (non-hydrogen) atoms. The fourth-order valence-electron chi connectivity index (χ4n) is 3.04. The fourth-order valence-corrected chi connectivity index (χ4v) is 3.46. The highest BCUT2D eigenvalue weighted by molar-refractivity contribution is 9.10. The van der Waals surface area contributed by atoms with E-state index < -0.39 is 0 Å². The van der Waals surface area contributed by atoms with Gasteiger partial charge in [-0.1, -0.05) is 54.2 Å². The summed E-state index contributed by atoms with van der Waals surface area (Å²) in [6, 6.07) is 9.79. The molecule has 3 atom stereocenters. The van der Waals surface area contributed by atoms with Gasteiger partial charge in [-0.2, -0.15) is 0 Å². The third-order valence-corrected chi connectivity index (χ3v) is 4.69. The number of rotatable bonds is 4. The second-order valence-corrected chi connectivity index (χ2v) is 6.50. The Hall–Kier alpha value is -0.340. The zero-order valence-corrected chi connectivity index (χ0v) is 13.0. The van der Waals surface area contributed by atoms with E-state index in [9.17, 15) is 0 Å². The van der Waals surface area contributed by atoms with Crippen molar-refractivity contribution in [2.45, 2.75) is 58.0 Å². The van der Waals surface area contributed by atoms with E-state index in [4.69, 9.17) is 0 Å². The SMILES string of the molecule is CCC1CCCC(N[C@@H](C)c2cccc(Br)c2)C1. The predicted molar refractivity (Wildman–Crippen MR) is 81.7 cm³/mol. The topological polar surface area (TPSA) is 12.0 Å². The predicted octanol–water partition coefficient (Wildman–Crippen LogP) is 5.07. The molecular formula is C16H24BrN. The van der Waals surface area contributed by atoms with Crippen LogP contribution in [0.25, 0.3) is 0 Å². The lowest BCUT2D eigenvalue weighted by Gasteiger charge is -2.31. The summed E-state index contributed by atoms with van der Waals surface area (Å²) in [7, 11) is 0. The minimum absolute atomic E-state index is 0.447. The van der Waals surface area contributed by atoms with Gasteiger partial charge in [-0.15, -0.1) is 0 Å². The molecular weight excluding hydrogens is 286 g/mol. The first kappa shape index (κ1) is 14.1. The largest absolute Gasteiger partial charge is 0.307 e. The van der Waals surface area contributed by atoms with Gasteiger partial charge in [0.25, 0.3) is 0 Å². The summed E-state index contributed by atoms with van der Waals surface area (Å²) in [5.74, 6) is 0.936. The number of nitrogens with one attached hydrogen (secondary N) is 1. The molecule has 2 heteroatoms. The Morgan fingerprint density at radius 2 is 2.22 bits per heavy atom. The Kier molecular flexibility index (Phi) is 5.25. The molecule has 0 saturated heterocycles. The summed E-state index contributed by atoms with van der Waals surface area (Å²) in [6.45, 7) is 4.60. The van der Waals surface area contributed by atoms with E-state index in [1.807, 2.05) is 0 Å².